The maximum atomic E-state index is 11.7. The number of Topliss-reactive ketones (excluding diaryl/α,β-unsaturated/α-hetero) is 1. The Labute approximate surface area is 81.1 Å². The molecule has 1 aliphatic heterocycles. The van der Waals surface area contributed by atoms with Crippen LogP contribution in [0.5, 0.6) is 0 Å². The van der Waals surface area contributed by atoms with E-state index in [1.807, 2.05) is 0 Å². The summed E-state index contributed by atoms with van der Waals surface area (Å²) in [6.07, 6.45) is 4.27. The zero-order valence-corrected chi connectivity index (χ0v) is 8.81. The summed E-state index contributed by atoms with van der Waals surface area (Å²) >= 11 is 0. The molecule has 2 heteroatoms. The minimum atomic E-state index is 0.303. The average molecular weight is 183 g/mol. The lowest BCUT2D eigenvalue weighted by Crippen LogP contribution is -2.21. The van der Waals surface area contributed by atoms with Gasteiger partial charge in [-0.1, -0.05) is 26.7 Å². The molecule has 0 aromatic carbocycles. The van der Waals surface area contributed by atoms with Crippen LogP contribution in [0.1, 0.15) is 39.5 Å². The van der Waals surface area contributed by atoms with Crippen LogP contribution >= 0.6 is 0 Å². The first-order valence-corrected chi connectivity index (χ1v) is 5.49. The fraction of sp³-hybridized carbons (Fsp3) is 0.909. The molecular formula is C11H21NO. The van der Waals surface area contributed by atoms with Crippen LogP contribution in [0.4, 0.5) is 0 Å². The quantitative estimate of drug-likeness (QED) is 0.660. The second-order valence-corrected chi connectivity index (χ2v) is 4.17. The highest BCUT2D eigenvalue weighted by atomic mass is 16.1. The highest BCUT2D eigenvalue weighted by Gasteiger charge is 2.28. The van der Waals surface area contributed by atoms with E-state index < -0.39 is 0 Å². The topological polar surface area (TPSA) is 29.1 Å². The predicted octanol–water partition coefficient (Wildman–Crippen LogP) is 1.99. The standard InChI is InChI=1S/C11H21NO/c1-3-4-5-6-11(13)10-8-12-7-9(10)2/h9-10,12H,3-8H2,1-2H3. The summed E-state index contributed by atoms with van der Waals surface area (Å²) in [4.78, 5) is 11.7. The van der Waals surface area contributed by atoms with Crippen molar-refractivity contribution in [2.75, 3.05) is 13.1 Å². The number of rotatable bonds is 5. The molecule has 0 radical (unpaired) electrons. The van der Waals surface area contributed by atoms with Gasteiger partial charge in [-0.05, 0) is 18.9 Å². The van der Waals surface area contributed by atoms with Crippen LogP contribution in [0.3, 0.4) is 0 Å². The fourth-order valence-corrected chi connectivity index (χ4v) is 1.98. The zero-order valence-electron chi connectivity index (χ0n) is 8.81. The lowest BCUT2D eigenvalue weighted by Gasteiger charge is -2.11. The summed E-state index contributed by atoms with van der Waals surface area (Å²) in [5.74, 6) is 1.33. The summed E-state index contributed by atoms with van der Waals surface area (Å²) in [5.41, 5.74) is 0. The smallest absolute Gasteiger partial charge is 0.137 e. The highest BCUT2D eigenvalue weighted by molar-refractivity contribution is 5.81. The number of unbranched alkanes of at least 4 members (excludes halogenated alkanes) is 2. The first-order valence-electron chi connectivity index (χ1n) is 5.49. The van der Waals surface area contributed by atoms with Crippen molar-refractivity contribution in [3.63, 3.8) is 0 Å². The number of ketones is 1. The Morgan fingerprint density at radius 2 is 2.15 bits per heavy atom. The van der Waals surface area contributed by atoms with E-state index >= 15 is 0 Å². The van der Waals surface area contributed by atoms with Gasteiger partial charge in [-0.3, -0.25) is 4.79 Å². The molecule has 2 atom stereocenters. The molecule has 0 saturated carbocycles. The predicted molar refractivity (Wildman–Crippen MR) is 54.7 cm³/mol. The van der Waals surface area contributed by atoms with Gasteiger partial charge in [0.1, 0.15) is 5.78 Å². The Morgan fingerprint density at radius 3 is 2.69 bits per heavy atom. The summed E-state index contributed by atoms with van der Waals surface area (Å²) in [6, 6.07) is 0. The molecule has 0 aromatic heterocycles. The molecule has 1 rings (SSSR count). The second-order valence-electron chi connectivity index (χ2n) is 4.17. The van der Waals surface area contributed by atoms with Crippen molar-refractivity contribution in [3.8, 4) is 0 Å². The van der Waals surface area contributed by atoms with Crippen LogP contribution in [0, 0.1) is 11.8 Å². The molecule has 1 heterocycles. The number of hydrogen-bond donors (Lipinski definition) is 1. The van der Waals surface area contributed by atoms with Crippen LogP contribution in [0.15, 0.2) is 0 Å². The Bertz CT molecular complexity index is 167. The third kappa shape index (κ3) is 3.11. The Morgan fingerprint density at radius 1 is 1.38 bits per heavy atom. The van der Waals surface area contributed by atoms with E-state index in [1.54, 1.807) is 0 Å². The van der Waals surface area contributed by atoms with E-state index in [1.165, 1.54) is 12.8 Å². The van der Waals surface area contributed by atoms with Crippen LogP contribution < -0.4 is 5.32 Å². The Kier molecular flexibility index (Phi) is 4.43. The number of nitrogens with one attached hydrogen (secondary N) is 1. The van der Waals surface area contributed by atoms with Crippen LogP contribution in [0.25, 0.3) is 0 Å². The molecule has 1 N–H and O–H groups in total. The van der Waals surface area contributed by atoms with Crippen molar-refractivity contribution in [1.82, 2.24) is 5.32 Å². The molecule has 2 nitrogen and oxygen atoms in total. The molecular weight excluding hydrogens is 162 g/mol. The van der Waals surface area contributed by atoms with Crippen molar-refractivity contribution >= 4 is 5.78 Å². The third-order valence-corrected chi connectivity index (χ3v) is 2.96. The van der Waals surface area contributed by atoms with Gasteiger partial charge in [0, 0.05) is 18.9 Å². The van der Waals surface area contributed by atoms with Gasteiger partial charge < -0.3 is 5.32 Å². The first kappa shape index (κ1) is 10.7. The van der Waals surface area contributed by atoms with E-state index in [9.17, 15) is 4.79 Å². The van der Waals surface area contributed by atoms with Crippen molar-refractivity contribution in [2.45, 2.75) is 39.5 Å². The SMILES string of the molecule is CCCCCC(=O)C1CNCC1C. The largest absolute Gasteiger partial charge is 0.316 e. The summed E-state index contributed by atoms with van der Waals surface area (Å²) in [5, 5.41) is 3.27. The Hall–Kier alpha value is -0.370. The molecule has 1 aliphatic rings. The number of carbonyl (C=O) groups excluding carboxylic acids is 1. The maximum Gasteiger partial charge on any atom is 0.137 e. The summed E-state index contributed by atoms with van der Waals surface area (Å²) in [6.45, 7) is 6.27. The molecule has 0 spiro atoms. The maximum absolute atomic E-state index is 11.7. The molecule has 1 fully saturated rings. The zero-order chi connectivity index (χ0) is 9.68. The third-order valence-electron chi connectivity index (χ3n) is 2.96. The Balaban J connectivity index is 2.22. The summed E-state index contributed by atoms with van der Waals surface area (Å²) < 4.78 is 0. The van der Waals surface area contributed by atoms with Gasteiger partial charge in [-0.15, -0.1) is 0 Å². The van der Waals surface area contributed by atoms with Gasteiger partial charge in [0.2, 0.25) is 0 Å². The van der Waals surface area contributed by atoms with Gasteiger partial charge in [0.15, 0.2) is 0 Å². The van der Waals surface area contributed by atoms with E-state index in [4.69, 9.17) is 0 Å². The van der Waals surface area contributed by atoms with Gasteiger partial charge in [0.25, 0.3) is 0 Å². The van der Waals surface area contributed by atoms with E-state index in [0.717, 1.165) is 25.9 Å². The van der Waals surface area contributed by atoms with Crippen molar-refractivity contribution < 1.29 is 4.79 Å². The van der Waals surface area contributed by atoms with E-state index in [2.05, 4.69) is 19.2 Å². The number of hydrogen-bond acceptors (Lipinski definition) is 2. The molecule has 0 aliphatic carbocycles. The average Bonchev–Trinajstić information content (AvgIpc) is 2.52. The van der Waals surface area contributed by atoms with Crippen molar-refractivity contribution in [3.05, 3.63) is 0 Å². The van der Waals surface area contributed by atoms with Gasteiger partial charge in [0.05, 0.1) is 0 Å². The minimum Gasteiger partial charge on any atom is -0.316 e. The minimum absolute atomic E-state index is 0.303. The van der Waals surface area contributed by atoms with Crippen molar-refractivity contribution in [2.24, 2.45) is 11.8 Å². The van der Waals surface area contributed by atoms with E-state index in [0.29, 0.717) is 17.6 Å². The van der Waals surface area contributed by atoms with Gasteiger partial charge >= 0.3 is 0 Å². The van der Waals surface area contributed by atoms with Gasteiger partial charge in [-0.25, -0.2) is 0 Å². The molecule has 76 valence electrons. The van der Waals surface area contributed by atoms with E-state index in [-0.39, 0.29) is 0 Å². The monoisotopic (exact) mass is 183 g/mol. The van der Waals surface area contributed by atoms with Crippen LogP contribution in [0.2, 0.25) is 0 Å². The second kappa shape index (κ2) is 5.38. The highest BCUT2D eigenvalue weighted by Crippen LogP contribution is 2.19. The van der Waals surface area contributed by atoms with Crippen molar-refractivity contribution in [1.29, 1.82) is 0 Å². The summed E-state index contributed by atoms with van der Waals surface area (Å²) in [7, 11) is 0. The molecule has 0 bridgehead atoms. The molecule has 1 saturated heterocycles. The van der Waals surface area contributed by atoms with Gasteiger partial charge in [-0.2, -0.15) is 0 Å². The lowest BCUT2D eigenvalue weighted by atomic mass is 9.91. The molecule has 2 unspecified atom stereocenters. The lowest BCUT2D eigenvalue weighted by molar-refractivity contribution is -0.123. The van der Waals surface area contributed by atoms with Crippen LogP contribution in [-0.4, -0.2) is 18.9 Å². The number of carbonyl (C=O) groups is 1. The first-order chi connectivity index (χ1) is 6.25. The molecule has 0 amide bonds. The fourth-order valence-electron chi connectivity index (χ4n) is 1.98. The molecule has 13 heavy (non-hydrogen) atoms. The van der Waals surface area contributed by atoms with Crippen LogP contribution in [-0.2, 0) is 4.79 Å². The molecule has 0 aromatic rings. The normalized spacial score (nSPS) is 27.8.